The monoisotopic (exact) mass is 421 g/mol. The minimum atomic E-state index is -1.20. The molecule has 3 heterocycles. The number of hydrogen-bond donors (Lipinski definition) is 3. The van der Waals surface area contributed by atoms with Crippen LogP contribution in [0.1, 0.15) is 12.6 Å². The summed E-state index contributed by atoms with van der Waals surface area (Å²) in [6.45, 7) is 1.65. The van der Waals surface area contributed by atoms with Crippen molar-refractivity contribution in [1.29, 1.82) is 0 Å². The molecule has 1 aromatic rings. The lowest BCUT2D eigenvalue weighted by atomic mass is 10.0. The van der Waals surface area contributed by atoms with Gasteiger partial charge in [-0.05, 0) is 13.0 Å². The highest BCUT2D eigenvalue weighted by Crippen LogP contribution is 2.40. The molecule has 0 bridgehead atoms. The number of thioether (sulfide) groups is 1. The maximum absolute atomic E-state index is 12.7. The number of nitrogens with zero attached hydrogens (tertiary/aromatic N) is 3. The van der Waals surface area contributed by atoms with Gasteiger partial charge in [-0.2, -0.15) is 0 Å². The van der Waals surface area contributed by atoms with Crippen LogP contribution in [0, 0.1) is 12.3 Å². The number of carboxylic acid groups (broad SMARTS) is 1. The lowest BCUT2D eigenvalue weighted by molar-refractivity contribution is -0.150. The number of anilines is 1. The summed E-state index contributed by atoms with van der Waals surface area (Å²) < 4.78 is 0. The molecule has 2 unspecified atom stereocenters. The number of β-lactam (4-membered cyclic amide) rings is 1. The number of aromatic nitrogens is 1. The molecule has 2 aliphatic rings. The van der Waals surface area contributed by atoms with Gasteiger partial charge in [0.1, 0.15) is 22.8 Å². The van der Waals surface area contributed by atoms with Crippen molar-refractivity contribution in [2.45, 2.75) is 23.6 Å². The van der Waals surface area contributed by atoms with Crippen molar-refractivity contribution in [2.75, 3.05) is 12.3 Å². The largest absolute Gasteiger partial charge is 0.477 e. The highest BCUT2D eigenvalue weighted by Gasteiger charge is 2.54. The van der Waals surface area contributed by atoms with Crippen LogP contribution >= 0.6 is 23.1 Å². The second-order valence-electron chi connectivity index (χ2n) is 5.74. The topological polar surface area (TPSA) is 147 Å². The number of nitrogens with two attached hydrogens (primary N) is 1. The summed E-state index contributed by atoms with van der Waals surface area (Å²) in [5, 5.41) is 16.7. The summed E-state index contributed by atoms with van der Waals surface area (Å²) in [5.41, 5.74) is 5.50. The first-order valence-corrected chi connectivity index (χ1v) is 9.75. The number of nitrogens with one attached hydrogen (secondary N) is 1. The Morgan fingerprint density at radius 1 is 1.57 bits per heavy atom. The summed E-state index contributed by atoms with van der Waals surface area (Å²) in [6.07, 6.45) is 6.60. The van der Waals surface area contributed by atoms with Gasteiger partial charge in [0.2, 0.25) is 0 Å². The number of oxime groups is 1. The second kappa shape index (κ2) is 7.91. The molecule has 1 aromatic heterocycles. The molecule has 3 rings (SSSR count). The number of hydrogen-bond acceptors (Lipinski definition) is 9. The molecule has 0 aliphatic carbocycles. The Hall–Kier alpha value is -3.04. The molecule has 2 aliphatic heterocycles. The van der Waals surface area contributed by atoms with Crippen LogP contribution in [-0.4, -0.2) is 61.8 Å². The van der Waals surface area contributed by atoms with Crippen molar-refractivity contribution >= 4 is 51.7 Å². The highest BCUT2D eigenvalue weighted by atomic mass is 32.2. The van der Waals surface area contributed by atoms with Gasteiger partial charge in [-0.15, -0.1) is 29.5 Å². The Bertz CT molecular complexity index is 934. The zero-order valence-electron chi connectivity index (χ0n) is 14.5. The van der Waals surface area contributed by atoms with E-state index in [2.05, 4.69) is 21.4 Å². The summed E-state index contributed by atoms with van der Waals surface area (Å²) in [4.78, 5) is 46.6. The van der Waals surface area contributed by atoms with Crippen LogP contribution in [0.5, 0.6) is 0 Å². The third kappa shape index (κ3) is 3.67. The van der Waals surface area contributed by atoms with Crippen LogP contribution in [0.4, 0.5) is 5.13 Å². The van der Waals surface area contributed by atoms with Crippen LogP contribution in [-0.2, 0) is 19.2 Å². The van der Waals surface area contributed by atoms with Crippen molar-refractivity contribution in [2.24, 2.45) is 5.16 Å². The number of carboxylic acids is 1. The van der Waals surface area contributed by atoms with E-state index < -0.39 is 29.2 Å². The van der Waals surface area contributed by atoms with E-state index in [1.165, 1.54) is 23.2 Å². The molecular weight excluding hydrogens is 406 g/mol. The number of nitrogen functional groups attached to an aromatic ring is 1. The van der Waals surface area contributed by atoms with Crippen LogP contribution in [0.3, 0.4) is 0 Å². The molecule has 4 N–H and O–H groups in total. The van der Waals surface area contributed by atoms with E-state index in [4.69, 9.17) is 17.0 Å². The number of amides is 2. The maximum atomic E-state index is 12.7. The number of carbonyl (C=O) groups is 3. The van der Waals surface area contributed by atoms with Crippen LogP contribution < -0.4 is 11.1 Å². The maximum Gasteiger partial charge on any atom is 0.352 e. The van der Waals surface area contributed by atoms with Crippen molar-refractivity contribution in [3.63, 3.8) is 0 Å². The van der Waals surface area contributed by atoms with E-state index in [0.29, 0.717) is 0 Å². The molecule has 28 heavy (non-hydrogen) atoms. The smallest absolute Gasteiger partial charge is 0.352 e. The van der Waals surface area contributed by atoms with Crippen LogP contribution in [0.25, 0.3) is 0 Å². The molecule has 3 atom stereocenters. The standard InChI is InChI=1S/C16H15N5O5S2/c1-3-4-26-20-10(8-6-27-16(17)18-8)12(22)19-11-13(23)21-9(15(24)25)5-7(2)28-14(11)21/h1,5-7,11,14H,4H2,2H3,(H2,17,18)(H,19,22)(H,24,25)/t7?,11?,14-/m1/s1. The first kappa shape index (κ1) is 19.7. The summed E-state index contributed by atoms with van der Waals surface area (Å²) in [7, 11) is 0. The van der Waals surface area contributed by atoms with Crippen molar-refractivity contribution in [1.82, 2.24) is 15.2 Å². The van der Waals surface area contributed by atoms with E-state index in [0.717, 1.165) is 16.2 Å². The molecule has 0 spiro atoms. The molecule has 1 saturated heterocycles. The van der Waals surface area contributed by atoms with Gasteiger partial charge in [-0.25, -0.2) is 9.78 Å². The van der Waals surface area contributed by atoms with E-state index in [9.17, 15) is 19.5 Å². The minimum Gasteiger partial charge on any atom is -0.477 e. The van der Waals surface area contributed by atoms with Crippen LogP contribution in [0.2, 0.25) is 0 Å². The molecule has 10 nitrogen and oxygen atoms in total. The van der Waals surface area contributed by atoms with Crippen molar-refractivity contribution in [3.8, 4) is 12.3 Å². The molecule has 146 valence electrons. The van der Waals surface area contributed by atoms with Gasteiger partial charge >= 0.3 is 5.97 Å². The number of rotatable bonds is 6. The average Bonchev–Trinajstić information content (AvgIpc) is 3.08. The first-order chi connectivity index (χ1) is 13.3. The highest BCUT2D eigenvalue weighted by molar-refractivity contribution is 8.00. The Labute approximate surface area is 167 Å². The summed E-state index contributed by atoms with van der Waals surface area (Å²) >= 11 is 2.47. The molecule has 1 fully saturated rings. The third-order valence-electron chi connectivity index (χ3n) is 3.84. The van der Waals surface area contributed by atoms with Gasteiger partial charge in [-0.1, -0.05) is 11.1 Å². The Morgan fingerprint density at radius 3 is 2.93 bits per heavy atom. The zero-order chi connectivity index (χ0) is 20.4. The predicted octanol–water partition coefficient (Wildman–Crippen LogP) is -0.164. The fourth-order valence-corrected chi connectivity index (χ4v) is 4.55. The fourth-order valence-electron chi connectivity index (χ4n) is 2.67. The van der Waals surface area contributed by atoms with Gasteiger partial charge in [0.05, 0.1) is 0 Å². The van der Waals surface area contributed by atoms with E-state index >= 15 is 0 Å². The van der Waals surface area contributed by atoms with Crippen LogP contribution in [0.15, 0.2) is 22.3 Å². The minimum absolute atomic E-state index is 0.0923. The Kier molecular flexibility index (Phi) is 5.57. The second-order valence-corrected chi connectivity index (χ2v) is 8.13. The number of thiazole rings is 1. The number of terminal acetylenes is 1. The predicted molar refractivity (Wildman–Crippen MR) is 103 cm³/mol. The van der Waals surface area contributed by atoms with Gasteiger partial charge < -0.3 is 21.0 Å². The van der Waals surface area contributed by atoms with Gasteiger partial charge in [-0.3, -0.25) is 14.5 Å². The van der Waals surface area contributed by atoms with E-state index in [1.54, 1.807) is 0 Å². The van der Waals surface area contributed by atoms with Crippen molar-refractivity contribution < 1.29 is 24.3 Å². The third-order valence-corrected chi connectivity index (χ3v) is 5.84. The Morgan fingerprint density at radius 2 is 2.32 bits per heavy atom. The molecule has 0 radical (unpaired) electrons. The van der Waals surface area contributed by atoms with E-state index in [-0.39, 0.29) is 34.1 Å². The summed E-state index contributed by atoms with van der Waals surface area (Å²) in [6, 6.07) is -0.906. The van der Waals surface area contributed by atoms with Gasteiger partial charge in [0.15, 0.2) is 17.5 Å². The fraction of sp³-hybridized carbons (Fsp3) is 0.312. The summed E-state index contributed by atoms with van der Waals surface area (Å²) in [5.74, 6) is -0.208. The van der Waals surface area contributed by atoms with E-state index in [1.807, 2.05) is 6.92 Å². The number of carbonyl (C=O) groups excluding carboxylic acids is 2. The molecule has 0 saturated carbocycles. The molecular formula is C16H15N5O5S2. The zero-order valence-corrected chi connectivity index (χ0v) is 16.1. The number of aliphatic carboxylic acids is 1. The first-order valence-electron chi connectivity index (χ1n) is 7.92. The lowest BCUT2D eigenvalue weighted by Crippen LogP contribution is -2.71. The molecule has 2 amide bonds. The average molecular weight is 421 g/mol. The van der Waals surface area contributed by atoms with Gasteiger partial charge in [0, 0.05) is 10.6 Å². The normalized spacial score (nSPS) is 23.8. The molecule has 12 heteroatoms. The SMILES string of the molecule is C#CCON=C(C(=O)NC1C(=O)N2C(C(=O)O)=CC(C)S[C@H]12)c1csc(N)n1. The lowest BCUT2D eigenvalue weighted by Gasteiger charge is -2.49. The number of fused-ring (bicyclic) bond motifs is 1. The Balaban J connectivity index is 1.78. The quantitative estimate of drug-likeness (QED) is 0.189. The molecule has 0 aromatic carbocycles. The van der Waals surface area contributed by atoms with Gasteiger partial charge in [0.25, 0.3) is 11.8 Å². The van der Waals surface area contributed by atoms with Crippen molar-refractivity contribution in [3.05, 3.63) is 22.8 Å².